The van der Waals surface area contributed by atoms with E-state index in [4.69, 9.17) is 19.9 Å². The summed E-state index contributed by atoms with van der Waals surface area (Å²) in [5.41, 5.74) is 0. The number of aliphatic hydroxyl groups is 3. The minimum atomic E-state index is -4.25. The van der Waals surface area contributed by atoms with Gasteiger partial charge in [0.15, 0.2) is 0 Å². The molecule has 33 heavy (non-hydrogen) atoms. The predicted octanol–water partition coefficient (Wildman–Crippen LogP) is 4.11. The molecule has 0 saturated carbocycles. The summed E-state index contributed by atoms with van der Waals surface area (Å²) in [5.74, 6) is 0. The first kappa shape index (κ1) is 34.6. The number of nitrogens with zero attached hydrogens (tertiary/aromatic N) is 1. The molecular weight excluding hydrogens is 446 g/mol. The van der Waals surface area contributed by atoms with Gasteiger partial charge in [0.05, 0.1) is 26.4 Å². The Balaban J connectivity index is 0. The quantitative estimate of drug-likeness (QED) is 0.0943. The van der Waals surface area contributed by atoms with Crippen LogP contribution in [0, 0.1) is 0 Å². The van der Waals surface area contributed by atoms with Crippen LogP contribution in [-0.2, 0) is 14.6 Å². The zero-order valence-electron chi connectivity index (χ0n) is 20.9. The van der Waals surface area contributed by atoms with Crippen LogP contribution < -0.4 is 0 Å². The van der Waals surface area contributed by atoms with Crippen LogP contribution in [-0.4, -0.2) is 79.3 Å². The molecular formula is C24H51NO7S. The lowest BCUT2D eigenvalue weighted by Crippen LogP contribution is -2.32. The second-order valence-electron chi connectivity index (χ2n) is 8.20. The predicted molar refractivity (Wildman–Crippen MR) is 135 cm³/mol. The molecule has 0 aliphatic rings. The highest BCUT2D eigenvalue weighted by atomic mass is 32.3. The molecule has 0 spiro atoms. The van der Waals surface area contributed by atoms with Crippen molar-refractivity contribution in [1.29, 1.82) is 0 Å². The molecule has 0 aromatic heterocycles. The number of allylic oxidation sites excluding steroid dienone is 2. The minimum Gasteiger partial charge on any atom is -0.395 e. The Labute approximate surface area is 203 Å². The lowest BCUT2D eigenvalue weighted by Gasteiger charge is -2.17. The summed E-state index contributed by atoms with van der Waals surface area (Å²) in [6.45, 7) is 4.09. The number of unbranched alkanes of at least 4 members (excludes halogenated alkanes) is 12. The van der Waals surface area contributed by atoms with Gasteiger partial charge >= 0.3 is 10.4 Å². The fourth-order valence-electron chi connectivity index (χ4n) is 3.27. The maximum absolute atomic E-state index is 10.3. The second kappa shape index (κ2) is 27.7. The molecule has 0 aliphatic carbocycles. The van der Waals surface area contributed by atoms with Crippen molar-refractivity contribution in [2.24, 2.45) is 0 Å². The highest BCUT2D eigenvalue weighted by Gasteiger charge is 2.02. The Morgan fingerprint density at radius 2 is 1.06 bits per heavy atom. The summed E-state index contributed by atoms with van der Waals surface area (Å²) >= 11 is 0. The summed E-state index contributed by atoms with van der Waals surface area (Å²) in [7, 11) is -4.25. The van der Waals surface area contributed by atoms with E-state index in [1.165, 1.54) is 70.6 Å². The molecule has 9 heteroatoms. The number of hydrogen-bond acceptors (Lipinski definition) is 7. The van der Waals surface area contributed by atoms with Crippen LogP contribution in [0.1, 0.15) is 96.8 Å². The SMILES string of the molecule is CCCCCCCCC=CCCCCCCCCOS(=O)(=O)O.OCCN(CCO)CCO. The van der Waals surface area contributed by atoms with Gasteiger partial charge in [-0.05, 0) is 32.1 Å². The smallest absolute Gasteiger partial charge is 0.395 e. The van der Waals surface area contributed by atoms with Crippen LogP contribution in [0.4, 0.5) is 0 Å². The Bertz CT molecular complexity index is 487. The Morgan fingerprint density at radius 3 is 1.45 bits per heavy atom. The minimum absolute atomic E-state index is 0.0694. The summed E-state index contributed by atoms with van der Waals surface area (Å²) in [6.07, 6.45) is 21.5. The molecule has 0 atom stereocenters. The van der Waals surface area contributed by atoms with Crippen molar-refractivity contribution in [1.82, 2.24) is 4.90 Å². The Kier molecular flexibility index (Phi) is 29.0. The van der Waals surface area contributed by atoms with E-state index in [1.54, 1.807) is 4.90 Å². The van der Waals surface area contributed by atoms with Gasteiger partial charge in [-0.3, -0.25) is 9.45 Å². The van der Waals surface area contributed by atoms with Gasteiger partial charge in [0.25, 0.3) is 0 Å². The van der Waals surface area contributed by atoms with Crippen LogP contribution in [0.5, 0.6) is 0 Å². The zero-order chi connectivity index (χ0) is 25.0. The highest BCUT2D eigenvalue weighted by Crippen LogP contribution is 2.10. The molecule has 0 aromatic carbocycles. The lowest BCUT2D eigenvalue weighted by molar-refractivity contribution is 0.136. The molecule has 200 valence electrons. The second-order valence-corrected chi connectivity index (χ2v) is 9.29. The fraction of sp³-hybridized carbons (Fsp3) is 0.917. The number of aliphatic hydroxyl groups excluding tert-OH is 3. The Hall–Kier alpha value is -0.550. The van der Waals surface area contributed by atoms with Crippen molar-refractivity contribution in [3.63, 3.8) is 0 Å². The van der Waals surface area contributed by atoms with Crippen molar-refractivity contribution in [3.8, 4) is 0 Å². The van der Waals surface area contributed by atoms with Crippen LogP contribution in [0.25, 0.3) is 0 Å². The van der Waals surface area contributed by atoms with Gasteiger partial charge in [0.2, 0.25) is 0 Å². The van der Waals surface area contributed by atoms with Gasteiger partial charge in [-0.2, -0.15) is 8.42 Å². The van der Waals surface area contributed by atoms with Gasteiger partial charge in [0, 0.05) is 19.6 Å². The maximum atomic E-state index is 10.3. The summed E-state index contributed by atoms with van der Waals surface area (Å²) in [5, 5.41) is 25.5. The highest BCUT2D eigenvalue weighted by molar-refractivity contribution is 7.80. The summed E-state index contributed by atoms with van der Waals surface area (Å²) < 4.78 is 33.3. The summed E-state index contributed by atoms with van der Waals surface area (Å²) in [6, 6.07) is 0. The van der Waals surface area contributed by atoms with Gasteiger partial charge in [-0.25, -0.2) is 4.18 Å². The van der Waals surface area contributed by atoms with Crippen LogP contribution in [0.2, 0.25) is 0 Å². The maximum Gasteiger partial charge on any atom is 0.397 e. The first-order chi connectivity index (χ1) is 15.9. The zero-order valence-corrected chi connectivity index (χ0v) is 21.7. The van der Waals surface area contributed by atoms with E-state index in [1.807, 2.05) is 0 Å². The van der Waals surface area contributed by atoms with Crippen molar-refractivity contribution < 1.29 is 32.5 Å². The molecule has 0 bridgehead atoms. The van der Waals surface area contributed by atoms with E-state index in [2.05, 4.69) is 23.3 Å². The average Bonchev–Trinajstić information content (AvgIpc) is 2.76. The third-order valence-electron chi connectivity index (χ3n) is 5.14. The van der Waals surface area contributed by atoms with E-state index in [9.17, 15) is 8.42 Å². The van der Waals surface area contributed by atoms with Crippen LogP contribution >= 0.6 is 0 Å². The van der Waals surface area contributed by atoms with Crippen molar-refractivity contribution >= 4 is 10.4 Å². The van der Waals surface area contributed by atoms with E-state index in [0.717, 1.165) is 12.8 Å². The molecule has 0 unspecified atom stereocenters. The van der Waals surface area contributed by atoms with Gasteiger partial charge in [-0.1, -0.05) is 76.9 Å². The van der Waals surface area contributed by atoms with Crippen molar-refractivity contribution in [2.75, 3.05) is 46.1 Å². The fourth-order valence-corrected chi connectivity index (χ4v) is 3.60. The average molecular weight is 498 g/mol. The molecule has 0 aromatic rings. The molecule has 0 aliphatic heterocycles. The van der Waals surface area contributed by atoms with Crippen LogP contribution in [0.15, 0.2) is 12.2 Å². The number of hydrogen-bond donors (Lipinski definition) is 4. The van der Waals surface area contributed by atoms with Gasteiger partial charge < -0.3 is 15.3 Å². The van der Waals surface area contributed by atoms with Crippen molar-refractivity contribution in [3.05, 3.63) is 12.2 Å². The topological polar surface area (TPSA) is 128 Å². The molecule has 4 N–H and O–H groups in total. The molecule has 0 heterocycles. The Morgan fingerprint density at radius 1 is 0.667 bits per heavy atom. The molecule has 8 nitrogen and oxygen atoms in total. The standard InChI is InChI=1S/C18H36O4S.C6H15NO3/c1-2-3-4-5-6-7-8-9-10-11-12-13-14-15-16-17-18-22-23(19,20)21;8-4-1-7(2-5-9)3-6-10/h9-10H,2-8,11-18H2,1H3,(H,19,20,21);8-10H,1-6H2. The number of rotatable bonds is 23. The first-order valence-electron chi connectivity index (χ1n) is 12.7. The van der Waals surface area contributed by atoms with E-state index < -0.39 is 10.4 Å². The van der Waals surface area contributed by atoms with E-state index in [-0.39, 0.29) is 26.4 Å². The van der Waals surface area contributed by atoms with Crippen LogP contribution in [0.3, 0.4) is 0 Å². The molecule has 0 rings (SSSR count). The van der Waals surface area contributed by atoms with E-state index >= 15 is 0 Å². The first-order valence-corrected chi connectivity index (χ1v) is 14.1. The third kappa shape index (κ3) is 33.7. The van der Waals surface area contributed by atoms with Gasteiger partial charge in [-0.15, -0.1) is 0 Å². The van der Waals surface area contributed by atoms with E-state index in [0.29, 0.717) is 26.1 Å². The third-order valence-corrected chi connectivity index (χ3v) is 5.60. The molecule has 0 fully saturated rings. The van der Waals surface area contributed by atoms with Crippen molar-refractivity contribution in [2.45, 2.75) is 96.8 Å². The normalized spacial score (nSPS) is 11.8. The largest absolute Gasteiger partial charge is 0.397 e. The van der Waals surface area contributed by atoms with Gasteiger partial charge in [0.1, 0.15) is 0 Å². The monoisotopic (exact) mass is 497 g/mol. The summed E-state index contributed by atoms with van der Waals surface area (Å²) in [4.78, 5) is 1.79. The molecule has 0 amide bonds. The molecule has 0 saturated heterocycles. The lowest BCUT2D eigenvalue weighted by atomic mass is 10.1. The molecule has 0 radical (unpaired) electrons.